The third kappa shape index (κ3) is 6.25. The molecule has 0 fully saturated rings. The van der Waals surface area contributed by atoms with Crippen molar-refractivity contribution in [3.8, 4) is 0 Å². The maximum Gasteiger partial charge on any atom is 0.339 e. The Bertz CT molecular complexity index is 724. The fourth-order valence-corrected chi connectivity index (χ4v) is 1.96. The van der Waals surface area contributed by atoms with E-state index in [0.29, 0.717) is 6.42 Å². The van der Waals surface area contributed by atoms with Gasteiger partial charge in [0.1, 0.15) is 19.8 Å². The number of carboxylic acid groups (broad SMARTS) is 1. The van der Waals surface area contributed by atoms with Crippen molar-refractivity contribution in [1.29, 1.82) is 0 Å². The number of carbonyl (C=O) groups excluding carboxylic acids is 3. The predicted octanol–water partition coefficient (Wildman–Crippen LogP) is 2.23. The molecule has 0 radical (unpaired) electrons. The average molecular weight is 378 g/mol. The van der Waals surface area contributed by atoms with E-state index in [1.165, 1.54) is 24.3 Å². The lowest BCUT2D eigenvalue weighted by atomic mass is 9.89. The highest BCUT2D eigenvalue weighted by Gasteiger charge is 2.34. The number of carboxylic acids is 1. The van der Waals surface area contributed by atoms with Crippen LogP contribution in [-0.2, 0) is 23.8 Å². The molecule has 1 N–H and O–H groups in total. The Morgan fingerprint density at radius 3 is 2.22 bits per heavy atom. The second-order valence-corrected chi connectivity index (χ2v) is 5.85. The Morgan fingerprint density at radius 1 is 1.07 bits per heavy atom. The highest BCUT2D eigenvalue weighted by molar-refractivity contribution is 6.02. The summed E-state index contributed by atoms with van der Waals surface area (Å²) in [6, 6.07) is 5.63. The summed E-state index contributed by atoms with van der Waals surface area (Å²) >= 11 is 0. The lowest BCUT2D eigenvalue weighted by Crippen LogP contribution is -2.35. The summed E-state index contributed by atoms with van der Waals surface area (Å²) in [7, 11) is 0. The number of ether oxygens (including phenoxy) is 3. The van der Waals surface area contributed by atoms with E-state index in [1.807, 2.05) is 0 Å². The number of rotatable bonds is 10. The van der Waals surface area contributed by atoms with Gasteiger partial charge >= 0.3 is 23.9 Å². The second kappa shape index (κ2) is 10.1. The molecule has 0 saturated heterocycles. The summed E-state index contributed by atoms with van der Waals surface area (Å²) in [4.78, 5) is 46.4. The monoisotopic (exact) mass is 378 g/mol. The second-order valence-electron chi connectivity index (χ2n) is 5.85. The smallest absolute Gasteiger partial charge is 0.339 e. The van der Waals surface area contributed by atoms with Gasteiger partial charge in [-0.25, -0.2) is 14.4 Å². The van der Waals surface area contributed by atoms with Crippen molar-refractivity contribution < 1.29 is 38.5 Å². The van der Waals surface area contributed by atoms with Gasteiger partial charge in [-0.1, -0.05) is 25.6 Å². The van der Waals surface area contributed by atoms with Crippen LogP contribution in [0.5, 0.6) is 0 Å². The Labute approximate surface area is 156 Å². The van der Waals surface area contributed by atoms with Gasteiger partial charge in [-0.05, 0) is 25.5 Å². The Kier molecular flexibility index (Phi) is 8.19. The van der Waals surface area contributed by atoms with Gasteiger partial charge < -0.3 is 19.3 Å². The van der Waals surface area contributed by atoms with E-state index in [0.717, 1.165) is 6.08 Å². The summed E-state index contributed by atoms with van der Waals surface area (Å²) in [5.41, 5.74) is -1.31. The minimum absolute atomic E-state index is 0.0916. The van der Waals surface area contributed by atoms with Gasteiger partial charge in [0.2, 0.25) is 0 Å². The first-order valence-electron chi connectivity index (χ1n) is 8.21. The number of carbonyl (C=O) groups is 4. The van der Waals surface area contributed by atoms with Crippen LogP contribution in [0.2, 0.25) is 0 Å². The number of hydrogen-bond acceptors (Lipinski definition) is 7. The molecule has 1 unspecified atom stereocenters. The highest BCUT2D eigenvalue weighted by Crippen LogP contribution is 2.23. The molecule has 0 amide bonds. The quantitative estimate of drug-likeness (QED) is 0.285. The van der Waals surface area contributed by atoms with Gasteiger partial charge in [0.05, 0.1) is 16.5 Å². The van der Waals surface area contributed by atoms with Gasteiger partial charge in [-0.3, -0.25) is 4.79 Å². The molecule has 0 aromatic heterocycles. The number of hydrogen-bond donors (Lipinski definition) is 1. The molecule has 0 heterocycles. The van der Waals surface area contributed by atoms with E-state index in [9.17, 15) is 19.2 Å². The van der Waals surface area contributed by atoms with Crippen LogP contribution >= 0.6 is 0 Å². The summed E-state index contributed by atoms with van der Waals surface area (Å²) in [5.74, 6) is -3.33. The number of aromatic carboxylic acids is 1. The molecule has 8 nitrogen and oxygen atoms in total. The third-order valence-electron chi connectivity index (χ3n) is 3.90. The van der Waals surface area contributed by atoms with Crippen LogP contribution in [0.3, 0.4) is 0 Å². The van der Waals surface area contributed by atoms with Crippen molar-refractivity contribution in [3.63, 3.8) is 0 Å². The number of esters is 3. The zero-order valence-corrected chi connectivity index (χ0v) is 15.2. The molecule has 0 saturated carbocycles. The first kappa shape index (κ1) is 21.9. The van der Waals surface area contributed by atoms with Crippen molar-refractivity contribution in [1.82, 2.24) is 0 Å². The average Bonchev–Trinajstić information content (AvgIpc) is 2.68. The molecular weight excluding hydrogens is 356 g/mol. The van der Waals surface area contributed by atoms with Crippen LogP contribution in [0, 0.1) is 5.41 Å². The van der Waals surface area contributed by atoms with E-state index in [1.54, 1.807) is 13.8 Å². The Morgan fingerprint density at radius 2 is 1.67 bits per heavy atom. The van der Waals surface area contributed by atoms with Crippen molar-refractivity contribution in [3.05, 3.63) is 48.0 Å². The fraction of sp³-hybridized carbons (Fsp3) is 0.368. The van der Waals surface area contributed by atoms with Crippen molar-refractivity contribution in [2.24, 2.45) is 5.41 Å². The predicted molar refractivity (Wildman–Crippen MR) is 94.2 cm³/mol. The largest absolute Gasteiger partial charge is 0.478 e. The minimum atomic E-state index is -1.25. The molecule has 1 aromatic carbocycles. The van der Waals surface area contributed by atoms with E-state index in [2.05, 4.69) is 6.58 Å². The molecule has 1 rings (SSSR count). The molecular formula is C19H22O8. The van der Waals surface area contributed by atoms with E-state index in [-0.39, 0.29) is 30.9 Å². The van der Waals surface area contributed by atoms with Crippen LogP contribution in [0.1, 0.15) is 41.0 Å². The standard InChI is InChI=1S/C19H22O8/c1-4-15(20)27-12-19(3,5-2)18(24)26-11-10-25-17(23)14-9-7-6-8-13(14)16(21)22/h4,6-9H,1,5,10-12H2,2-3H3,(H,21,22). The maximum atomic E-state index is 12.2. The normalized spacial score (nSPS) is 12.4. The summed E-state index contributed by atoms with van der Waals surface area (Å²) in [6.07, 6.45) is 1.36. The Balaban J connectivity index is 2.54. The van der Waals surface area contributed by atoms with Crippen molar-refractivity contribution >= 4 is 23.9 Å². The molecule has 8 heteroatoms. The highest BCUT2D eigenvalue weighted by atomic mass is 16.6. The molecule has 0 aliphatic rings. The first-order chi connectivity index (χ1) is 12.7. The summed E-state index contributed by atoms with van der Waals surface area (Å²) in [6.45, 7) is 5.97. The molecule has 0 bridgehead atoms. The molecule has 1 atom stereocenters. The fourth-order valence-electron chi connectivity index (χ4n) is 1.96. The molecule has 0 aliphatic carbocycles. The van der Waals surface area contributed by atoms with Crippen LogP contribution < -0.4 is 0 Å². The van der Waals surface area contributed by atoms with Crippen LogP contribution in [0.4, 0.5) is 0 Å². The zero-order chi connectivity index (χ0) is 20.4. The van der Waals surface area contributed by atoms with E-state index < -0.39 is 29.3 Å². The summed E-state index contributed by atoms with van der Waals surface area (Å²) in [5, 5.41) is 9.06. The Hall–Kier alpha value is -3.16. The summed E-state index contributed by atoms with van der Waals surface area (Å²) < 4.78 is 14.9. The maximum absolute atomic E-state index is 12.2. The van der Waals surface area contributed by atoms with E-state index >= 15 is 0 Å². The third-order valence-corrected chi connectivity index (χ3v) is 3.90. The molecule has 146 valence electrons. The topological polar surface area (TPSA) is 116 Å². The number of benzene rings is 1. The van der Waals surface area contributed by atoms with Crippen LogP contribution in [-0.4, -0.2) is 48.8 Å². The lowest BCUT2D eigenvalue weighted by molar-refractivity contribution is -0.162. The first-order valence-corrected chi connectivity index (χ1v) is 8.21. The van der Waals surface area contributed by atoms with Gasteiger partial charge in [-0.2, -0.15) is 0 Å². The SMILES string of the molecule is C=CC(=O)OCC(C)(CC)C(=O)OCCOC(=O)c1ccccc1C(=O)O. The minimum Gasteiger partial charge on any atom is -0.478 e. The van der Waals surface area contributed by atoms with E-state index in [4.69, 9.17) is 19.3 Å². The van der Waals surface area contributed by atoms with Crippen LogP contribution in [0.25, 0.3) is 0 Å². The van der Waals surface area contributed by atoms with Crippen molar-refractivity contribution in [2.45, 2.75) is 20.3 Å². The van der Waals surface area contributed by atoms with Crippen molar-refractivity contribution in [2.75, 3.05) is 19.8 Å². The van der Waals surface area contributed by atoms with Gasteiger partial charge in [0.15, 0.2) is 0 Å². The molecule has 1 aromatic rings. The molecule has 27 heavy (non-hydrogen) atoms. The zero-order valence-electron chi connectivity index (χ0n) is 15.2. The van der Waals surface area contributed by atoms with Gasteiger partial charge in [0.25, 0.3) is 0 Å². The van der Waals surface area contributed by atoms with Gasteiger partial charge in [0, 0.05) is 6.08 Å². The lowest BCUT2D eigenvalue weighted by Gasteiger charge is -2.25. The van der Waals surface area contributed by atoms with Gasteiger partial charge in [-0.15, -0.1) is 0 Å². The molecule has 0 aliphatic heterocycles. The molecule has 0 spiro atoms. The van der Waals surface area contributed by atoms with Crippen LogP contribution in [0.15, 0.2) is 36.9 Å².